The van der Waals surface area contributed by atoms with E-state index in [0.717, 1.165) is 15.6 Å². The average Bonchev–Trinajstić information content (AvgIpc) is 3.26. The number of hydrogen-bond acceptors (Lipinski definition) is 6. The molecule has 1 heterocycles. The second kappa shape index (κ2) is 9.19. The predicted molar refractivity (Wildman–Crippen MR) is 118 cm³/mol. The van der Waals surface area contributed by atoms with Crippen LogP contribution in [0.5, 0.6) is 11.5 Å². The van der Waals surface area contributed by atoms with Gasteiger partial charge in [0.05, 0.1) is 19.4 Å². The van der Waals surface area contributed by atoms with E-state index < -0.39 is 15.9 Å². The Morgan fingerprint density at radius 2 is 1.67 bits per heavy atom. The first-order valence-corrected chi connectivity index (χ1v) is 11.4. The highest BCUT2D eigenvalue weighted by molar-refractivity contribution is 7.93. The number of anilines is 2. The molecule has 0 radical (unpaired) electrons. The summed E-state index contributed by atoms with van der Waals surface area (Å²) in [7, 11) is -0.943. The molecule has 0 saturated heterocycles. The van der Waals surface area contributed by atoms with Crippen molar-refractivity contribution in [3.8, 4) is 11.5 Å². The molecule has 1 N–H and O–H groups in total. The Labute approximate surface area is 179 Å². The van der Waals surface area contributed by atoms with Crippen LogP contribution in [0.4, 0.5) is 11.4 Å². The molecule has 0 saturated carbocycles. The van der Waals surface area contributed by atoms with Crippen molar-refractivity contribution in [3.63, 3.8) is 0 Å². The minimum Gasteiger partial charge on any atom is -0.497 e. The van der Waals surface area contributed by atoms with Gasteiger partial charge in [-0.1, -0.05) is 0 Å². The van der Waals surface area contributed by atoms with Gasteiger partial charge in [0.25, 0.3) is 15.9 Å². The van der Waals surface area contributed by atoms with Crippen molar-refractivity contribution >= 4 is 38.6 Å². The number of carbonyl (C=O) groups is 1. The minimum absolute atomic E-state index is 0.0470. The third-order valence-corrected chi connectivity index (χ3v) is 7.20. The van der Waals surface area contributed by atoms with Crippen molar-refractivity contribution in [2.24, 2.45) is 0 Å². The Morgan fingerprint density at radius 1 is 1.03 bits per heavy atom. The minimum atomic E-state index is -3.93. The lowest BCUT2D eigenvalue weighted by molar-refractivity contribution is 0.102. The van der Waals surface area contributed by atoms with Gasteiger partial charge in [-0.25, -0.2) is 8.42 Å². The SMILES string of the molecule is CCOc1ccc(NC(=O)c2sccc2S(=O)(=O)N(C)c2ccc(OC)cc2)cc1. The lowest BCUT2D eigenvalue weighted by Crippen LogP contribution is -2.28. The second-order valence-corrected chi connectivity index (χ2v) is 9.05. The first kappa shape index (κ1) is 21.7. The van der Waals surface area contributed by atoms with Gasteiger partial charge in [-0.2, -0.15) is 0 Å². The fraction of sp³-hybridized carbons (Fsp3) is 0.190. The van der Waals surface area contributed by atoms with Gasteiger partial charge in [0.1, 0.15) is 21.3 Å². The number of sulfonamides is 1. The van der Waals surface area contributed by atoms with Crippen LogP contribution < -0.4 is 19.1 Å². The van der Waals surface area contributed by atoms with Gasteiger partial charge < -0.3 is 14.8 Å². The number of methoxy groups -OCH3 is 1. The van der Waals surface area contributed by atoms with E-state index in [0.29, 0.717) is 29.5 Å². The van der Waals surface area contributed by atoms with Crippen LogP contribution in [0.25, 0.3) is 0 Å². The summed E-state index contributed by atoms with van der Waals surface area (Å²) in [6.45, 7) is 2.43. The van der Waals surface area contributed by atoms with Crippen LogP contribution >= 0.6 is 11.3 Å². The summed E-state index contributed by atoms with van der Waals surface area (Å²) < 4.78 is 37.9. The number of thiophene rings is 1. The third kappa shape index (κ3) is 4.58. The summed E-state index contributed by atoms with van der Waals surface area (Å²) in [5.74, 6) is 0.822. The Balaban J connectivity index is 1.82. The smallest absolute Gasteiger partial charge is 0.267 e. The highest BCUT2D eigenvalue weighted by Crippen LogP contribution is 2.29. The fourth-order valence-electron chi connectivity index (χ4n) is 2.73. The zero-order valence-electron chi connectivity index (χ0n) is 16.8. The molecular weight excluding hydrogens is 424 g/mol. The molecule has 0 spiro atoms. The quantitative estimate of drug-likeness (QED) is 0.560. The molecule has 0 atom stereocenters. The average molecular weight is 447 g/mol. The van der Waals surface area contributed by atoms with Crippen LogP contribution in [-0.2, 0) is 10.0 Å². The molecule has 2 aromatic carbocycles. The van der Waals surface area contributed by atoms with Gasteiger partial charge >= 0.3 is 0 Å². The zero-order valence-corrected chi connectivity index (χ0v) is 18.4. The van der Waals surface area contributed by atoms with Gasteiger partial charge in [0, 0.05) is 12.7 Å². The van der Waals surface area contributed by atoms with Crippen LogP contribution in [0.2, 0.25) is 0 Å². The molecule has 7 nitrogen and oxygen atoms in total. The zero-order chi connectivity index (χ0) is 21.7. The molecule has 1 amide bonds. The van der Waals surface area contributed by atoms with E-state index in [2.05, 4.69) is 5.32 Å². The lowest BCUT2D eigenvalue weighted by atomic mass is 10.3. The summed E-state index contributed by atoms with van der Waals surface area (Å²) >= 11 is 1.07. The Hall–Kier alpha value is -3.04. The third-order valence-electron chi connectivity index (χ3n) is 4.33. The lowest BCUT2D eigenvalue weighted by Gasteiger charge is -2.20. The van der Waals surface area contributed by atoms with Crippen LogP contribution in [0, 0.1) is 0 Å². The highest BCUT2D eigenvalue weighted by Gasteiger charge is 2.28. The number of nitrogens with zero attached hydrogens (tertiary/aromatic N) is 1. The number of nitrogens with one attached hydrogen (secondary N) is 1. The van der Waals surface area contributed by atoms with Gasteiger partial charge in [-0.05, 0) is 66.9 Å². The molecule has 0 bridgehead atoms. The van der Waals surface area contributed by atoms with Crippen LogP contribution in [-0.4, -0.2) is 35.1 Å². The maximum Gasteiger partial charge on any atom is 0.267 e. The molecule has 9 heteroatoms. The number of carbonyl (C=O) groups excluding carboxylic acids is 1. The van der Waals surface area contributed by atoms with Crippen LogP contribution in [0.15, 0.2) is 64.9 Å². The number of rotatable bonds is 8. The van der Waals surface area contributed by atoms with E-state index in [9.17, 15) is 13.2 Å². The van der Waals surface area contributed by atoms with Crippen molar-refractivity contribution in [2.75, 3.05) is 30.4 Å². The molecule has 3 rings (SSSR count). The maximum absolute atomic E-state index is 13.1. The molecular formula is C21H22N2O5S2. The van der Waals surface area contributed by atoms with Gasteiger partial charge in [-0.15, -0.1) is 11.3 Å². The Kier molecular flexibility index (Phi) is 6.63. The summed E-state index contributed by atoms with van der Waals surface area (Å²) in [4.78, 5) is 12.8. The molecule has 0 aliphatic carbocycles. The Bertz CT molecular complexity index is 1110. The molecule has 3 aromatic rings. The van der Waals surface area contributed by atoms with E-state index in [1.807, 2.05) is 6.92 Å². The normalized spacial score (nSPS) is 11.0. The van der Waals surface area contributed by atoms with Crippen molar-refractivity contribution in [3.05, 3.63) is 64.9 Å². The summed E-state index contributed by atoms with van der Waals surface area (Å²) in [6.07, 6.45) is 0. The molecule has 0 fully saturated rings. The number of amides is 1. The number of hydrogen-bond donors (Lipinski definition) is 1. The standard InChI is InChI=1S/C21H22N2O5S2/c1-4-28-18-9-5-15(6-10-18)22-21(24)20-19(13-14-29-20)30(25,26)23(2)16-7-11-17(27-3)12-8-16/h5-14H,4H2,1-3H3,(H,22,24). The van der Waals surface area contributed by atoms with Gasteiger partial charge in [0.15, 0.2) is 0 Å². The first-order chi connectivity index (χ1) is 14.4. The van der Waals surface area contributed by atoms with E-state index in [1.54, 1.807) is 53.9 Å². The van der Waals surface area contributed by atoms with Gasteiger partial charge in [-0.3, -0.25) is 9.10 Å². The molecule has 0 aliphatic heterocycles. The van der Waals surface area contributed by atoms with Crippen molar-refractivity contribution < 1.29 is 22.7 Å². The molecule has 30 heavy (non-hydrogen) atoms. The first-order valence-electron chi connectivity index (χ1n) is 9.11. The molecule has 0 unspecified atom stereocenters. The highest BCUT2D eigenvalue weighted by atomic mass is 32.2. The summed E-state index contributed by atoms with van der Waals surface area (Å²) in [5, 5.41) is 4.32. The fourth-order valence-corrected chi connectivity index (χ4v) is 5.22. The van der Waals surface area contributed by atoms with E-state index >= 15 is 0 Å². The van der Waals surface area contributed by atoms with Crippen molar-refractivity contribution in [1.82, 2.24) is 0 Å². The summed E-state index contributed by atoms with van der Waals surface area (Å²) in [6, 6.07) is 15.0. The topological polar surface area (TPSA) is 84.9 Å². The van der Waals surface area contributed by atoms with Crippen molar-refractivity contribution in [2.45, 2.75) is 11.8 Å². The maximum atomic E-state index is 13.1. The Morgan fingerprint density at radius 3 is 2.27 bits per heavy atom. The number of ether oxygens (including phenoxy) is 2. The summed E-state index contributed by atoms with van der Waals surface area (Å²) in [5.41, 5.74) is 1.00. The van der Waals surface area contributed by atoms with E-state index in [1.165, 1.54) is 20.2 Å². The monoisotopic (exact) mass is 446 g/mol. The largest absolute Gasteiger partial charge is 0.497 e. The second-order valence-electron chi connectivity index (χ2n) is 6.20. The molecule has 158 valence electrons. The predicted octanol–water partition coefficient (Wildman–Crippen LogP) is 4.23. The molecule has 1 aromatic heterocycles. The molecule has 0 aliphatic rings. The van der Waals surface area contributed by atoms with E-state index in [4.69, 9.17) is 9.47 Å². The van der Waals surface area contributed by atoms with E-state index in [-0.39, 0.29) is 9.77 Å². The van der Waals surface area contributed by atoms with Crippen LogP contribution in [0.1, 0.15) is 16.6 Å². The van der Waals surface area contributed by atoms with Crippen LogP contribution in [0.3, 0.4) is 0 Å². The van der Waals surface area contributed by atoms with Crippen molar-refractivity contribution in [1.29, 1.82) is 0 Å². The van der Waals surface area contributed by atoms with Gasteiger partial charge in [0.2, 0.25) is 0 Å². The number of benzene rings is 2.